The van der Waals surface area contributed by atoms with Crippen LogP contribution in [-0.4, -0.2) is 22.3 Å². The van der Waals surface area contributed by atoms with Gasteiger partial charge in [-0.2, -0.15) is 4.98 Å². The van der Waals surface area contributed by atoms with Crippen molar-refractivity contribution in [3.63, 3.8) is 0 Å². The van der Waals surface area contributed by atoms with Crippen LogP contribution in [0.15, 0.2) is 42.5 Å². The summed E-state index contributed by atoms with van der Waals surface area (Å²) in [5.41, 5.74) is 9.54. The lowest BCUT2D eigenvalue weighted by molar-refractivity contribution is 0.112. The molecule has 3 N–H and O–H groups in total. The SMILES string of the molecule is Nc1nc(NC2CCCCC2)c2cc(-c3ccc(C=O)cc3)ccc2n1. The fraction of sp³-hybridized carbons (Fsp3) is 0.286. The van der Waals surface area contributed by atoms with Crippen LogP contribution in [0.2, 0.25) is 0 Å². The molecule has 0 spiro atoms. The van der Waals surface area contributed by atoms with E-state index in [-0.39, 0.29) is 0 Å². The van der Waals surface area contributed by atoms with E-state index >= 15 is 0 Å². The Morgan fingerprint density at radius 1 is 0.962 bits per heavy atom. The molecular weight excluding hydrogens is 324 g/mol. The van der Waals surface area contributed by atoms with Gasteiger partial charge in [-0.3, -0.25) is 4.79 Å². The number of nitrogen functional groups attached to an aromatic ring is 1. The Hall–Kier alpha value is -2.95. The number of aromatic nitrogens is 2. The molecule has 4 rings (SSSR count). The number of anilines is 2. The average molecular weight is 346 g/mol. The smallest absolute Gasteiger partial charge is 0.222 e. The molecule has 1 aliphatic rings. The van der Waals surface area contributed by atoms with Crippen molar-refractivity contribution in [1.29, 1.82) is 0 Å². The van der Waals surface area contributed by atoms with E-state index in [1.54, 1.807) is 0 Å². The van der Waals surface area contributed by atoms with Gasteiger partial charge in [0.1, 0.15) is 12.1 Å². The van der Waals surface area contributed by atoms with Crippen molar-refractivity contribution < 1.29 is 4.79 Å². The van der Waals surface area contributed by atoms with Gasteiger partial charge in [-0.1, -0.05) is 49.6 Å². The van der Waals surface area contributed by atoms with Crippen molar-refractivity contribution in [2.24, 2.45) is 0 Å². The first-order valence-electron chi connectivity index (χ1n) is 9.12. The van der Waals surface area contributed by atoms with Gasteiger partial charge in [-0.05, 0) is 36.1 Å². The molecule has 1 saturated carbocycles. The average Bonchev–Trinajstić information content (AvgIpc) is 2.68. The number of benzene rings is 2. The number of nitrogens with two attached hydrogens (primary N) is 1. The maximum atomic E-state index is 10.9. The van der Waals surface area contributed by atoms with Crippen LogP contribution in [0.4, 0.5) is 11.8 Å². The van der Waals surface area contributed by atoms with Crippen LogP contribution >= 0.6 is 0 Å². The highest BCUT2D eigenvalue weighted by Gasteiger charge is 2.16. The van der Waals surface area contributed by atoms with Gasteiger partial charge in [0.05, 0.1) is 5.52 Å². The summed E-state index contributed by atoms with van der Waals surface area (Å²) in [5, 5.41) is 4.56. The van der Waals surface area contributed by atoms with E-state index in [1.165, 1.54) is 19.3 Å². The number of nitrogens with zero attached hydrogens (tertiary/aromatic N) is 2. The molecule has 0 atom stereocenters. The summed E-state index contributed by atoms with van der Waals surface area (Å²) >= 11 is 0. The summed E-state index contributed by atoms with van der Waals surface area (Å²) in [6, 6.07) is 14.1. The van der Waals surface area contributed by atoms with E-state index in [4.69, 9.17) is 5.73 Å². The molecule has 2 aromatic carbocycles. The summed E-state index contributed by atoms with van der Waals surface area (Å²) in [4.78, 5) is 19.7. The van der Waals surface area contributed by atoms with Crippen molar-refractivity contribution in [2.75, 3.05) is 11.1 Å². The molecule has 132 valence electrons. The van der Waals surface area contributed by atoms with E-state index in [2.05, 4.69) is 21.4 Å². The lowest BCUT2D eigenvalue weighted by atomic mass is 9.95. The summed E-state index contributed by atoms with van der Waals surface area (Å²) in [6.07, 6.45) is 7.00. The van der Waals surface area contributed by atoms with Gasteiger partial charge in [0.25, 0.3) is 0 Å². The minimum atomic E-state index is 0.291. The van der Waals surface area contributed by atoms with Crippen LogP contribution in [0.3, 0.4) is 0 Å². The highest BCUT2D eigenvalue weighted by molar-refractivity contribution is 5.93. The minimum Gasteiger partial charge on any atom is -0.368 e. The number of carbonyl (C=O) groups excluding carboxylic acids is 1. The maximum Gasteiger partial charge on any atom is 0.222 e. The first kappa shape index (κ1) is 16.5. The predicted molar refractivity (Wildman–Crippen MR) is 105 cm³/mol. The second-order valence-electron chi connectivity index (χ2n) is 6.88. The van der Waals surface area contributed by atoms with E-state index in [9.17, 15) is 4.79 Å². The molecule has 5 heteroatoms. The van der Waals surface area contributed by atoms with Crippen LogP contribution in [0.25, 0.3) is 22.0 Å². The second kappa shape index (κ2) is 7.12. The van der Waals surface area contributed by atoms with Crippen molar-refractivity contribution in [1.82, 2.24) is 9.97 Å². The topological polar surface area (TPSA) is 80.9 Å². The summed E-state index contributed by atoms with van der Waals surface area (Å²) < 4.78 is 0. The maximum absolute atomic E-state index is 10.9. The summed E-state index contributed by atoms with van der Waals surface area (Å²) in [7, 11) is 0. The molecule has 0 bridgehead atoms. The molecule has 0 unspecified atom stereocenters. The van der Waals surface area contributed by atoms with Crippen molar-refractivity contribution in [3.05, 3.63) is 48.0 Å². The third-order valence-corrected chi connectivity index (χ3v) is 5.04. The highest BCUT2D eigenvalue weighted by atomic mass is 16.1. The molecule has 0 amide bonds. The fourth-order valence-corrected chi connectivity index (χ4v) is 3.63. The molecule has 1 aromatic heterocycles. The molecule has 0 aliphatic heterocycles. The van der Waals surface area contributed by atoms with Gasteiger partial charge < -0.3 is 11.1 Å². The molecule has 0 radical (unpaired) electrons. The number of hydrogen-bond donors (Lipinski definition) is 2. The number of rotatable bonds is 4. The summed E-state index contributed by atoms with van der Waals surface area (Å²) in [5.74, 6) is 1.10. The van der Waals surface area contributed by atoms with E-state index < -0.39 is 0 Å². The van der Waals surface area contributed by atoms with Gasteiger partial charge in [0.15, 0.2) is 0 Å². The van der Waals surface area contributed by atoms with E-state index in [0.717, 1.165) is 47.0 Å². The predicted octanol–water partition coefficient (Wildman–Crippen LogP) is 4.44. The van der Waals surface area contributed by atoms with Gasteiger partial charge in [-0.25, -0.2) is 4.98 Å². The number of aldehydes is 1. The first-order valence-corrected chi connectivity index (χ1v) is 9.12. The molecule has 1 aliphatic carbocycles. The lowest BCUT2D eigenvalue weighted by Crippen LogP contribution is -2.23. The Kier molecular flexibility index (Phi) is 4.52. The van der Waals surface area contributed by atoms with Gasteiger partial charge >= 0.3 is 0 Å². The highest BCUT2D eigenvalue weighted by Crippen LogP contribution is 2.30. The Bertz CT molecular complexity index is 931. The lowest BCUT2D eigenvalue weighted by Gasteiger charge is -2.24. The number of carbonyl (C=O) groups is 1. The van der Waals surface area contributed by atoms with Gasteiger partial charge in [-0.15, -0.1) is 0 Å². The van der Waals surface area contributed by atoms with Crippen LogP contribution in [-0.2, 0) is 0 Å². The second-order valence-corrected chi connectivity index (χ2v) is 6.88. The number of nitrogens with one attached hydrogen (secondary N) is 1. The normalized spacial score (nSPS) is 15.1. The molecule has 5 nitrogen and oxygen atoms in total. The fourth-order valence-electron chi connectivity index (χ4n) is 3.63. The van der Waals surface area contributed by atoms with Gasteiger partial charge in [0, 0.05) is 17.0 Å². The third-order valence-electron chi connectivity index (χ3n) is 5.04. The Morgan fingerprint density at radius 2 is 1.69 bits per heavy atom. The van der Waals surface area contributed by atoms with Crippen LogP contribution in [0, 0.1) is 0 Å². The molecule has 0 saturated heterocycles. The van der Waals surface area contributed by atoms with Crippen molar-refractivity contribution in [2.45, 2.75) is 38.1 Å². The largest absolute Gasteiger partial charge is 0.368 e. The zero-order valence-electron chi connectivity index (χ0n) is 14.6. The zero-order valence-corrected chi connectivity index (χ0v) is 14.6. The Labute approximate surface area is 152 Å². The third kappa shape index (κ3) is 3.38. The zero-order chi connectivity index (χ0) is 17.9. The standard InChI is InChI=1S/C21H22N4O/c22-21-24-19-11-10-16(15-8-6-14(13-26)7-9-15)12-18(19)20(25-21)23-17-4-2-1-3-5-17/h6-13,17H,1-5H2,(H3,22,23,24,25). The van der Waals surface area contributed by atoms with Crippen LogP contribution in [0.5, 0.6) is 0 Å². The number of hydrogen-bond acceptors (Lipinski definition) is 5. The molecule has 3 aromatic rings. The van der Waals surface area contributed by atoms with E-state index in [1.807, 2.05) is 36.4 Å². The van der Waals surface area contributed by atoms with Crippen molar-refractivity contribution >= 4 is 29.0 Å². The van der Waals surface area contributed by atoms with Crippen LogP contribution < -0.4 is 11.1 Å². The van der Waals surface area contributed by atoms with Crippen molar-refractivity contribution in [3.8, 4) is 11.1 Å². The summed E-state index contributed by atoms with van der Waals surface area (Å²) in [6.45, 7) is 0. The Balaban J connectivity index is 1.73. The van der Waals surface area contributed by atoms with E-state index in [0.29, 0.717) is 17.6 Å². The first-order chi connectivity index (χ1) is 12.7. The quantitative estimate of drug-likeness (QED) is 0.683. The Morgan fingerprint density at radius 3 is 2.42 bits per heavy atom. The number of fused-ring (bicyclic) bond motifs is 1. The molecule has 1 heterocycles. The van der Waals surface area contributed by atoms with Gasteiger partial charge in [0.2, 0.25) is 5.95 Å². The molecule has 1 fully saturated rings. The molecular formula is C21H22N4O. The monoisotopic (exact) mass is 346 g/mol. The van der Waals surface area contributed by atoms with Crippen LogP contribution in [0.1, 0.15) is 42.5 Å². The minimum absolute atomic E-state index is 0.291. The molecule has 26 heavy (non-hydrogen) atoms.